The summed E-state index contributed by atoms with van der Waals surface area (Å²) in [5.41, 5.74) is 1.89. The largest absolute Gasteiger partial charge is 0.481 e. The number of carboxylic acid groups (broad SMARTS) is 1. The van der Waals surface area contributed by atoms with Crippen molar-refractivity contribution < 1.29 is 9.90 Å². The van der Waals surface area contributed by atoms with Crippen LogP contribution in [0.15, 0.2) is 30.5 Å². The number of carbonyl (C=O) groups is 1. The lowest BCUT2D eigenvalue weighted by Crippen LogP contribution is -2.19. The first-order chi connectivity index (χ1) is 10.1. The summed E-state index contributed by atoms with van der Waals surface area (Å²) in [6.07, 6.45) is 2.99. The number of thiazole rings is 1. The van der Waals surface area contributed by atoms with Crippen LogP contribution in [-0.4, -0.2) is 16.1 Å². The van der Waals surface area contributed by atoms with Gasteiger partial charge in [-0.25, -0.2) is 4.98 Å². The van der Waals surface area contributed by atoms with Crippen molar-refractivity contribution in [2.75, 3.05) is 0 Å². The van der Waals surface area contributed by atoms with Crippen LogP contribution in [0.5, 0.6) is 0 Å². The maximum atomic E-state index is 10.9. The molecule has 0 aliphatic heterocycles. The third kappa shape index (κ3) is 4.37. The first kappa shape index (κ1) is 15.7. The SMILES string of the molecule is CCc1cnc(C(C)NCc2ccccc2CC(=O)O)s1. The van der Waals surface area contributed by atoms with E-state index < -0.39 is 5.97 Å². The second-order valence-corrected chi connectivity index (χ2v) is 6.11. The number of hydrogen-bond donors (Lipinski definition) is 2. The summed E-state index contributed by atoms with van der Waals surface area (Å²) >= 11 is 1.72. The molecule has 5 heteroatoms. The molecule has 21 heavy (non-hydrogen) atoms. The van der Waals surface area contributed by atoms with Gasteiger partial charge in [0.05, 0.1) is 12.5 Å². The molecule has 4 nitrogen and oxygen atoms in total. The number of carboxylic acids is 1. The van der Waals surface area contributed by atoms with Crippen molar-refractivity contribution >= 4 is 17.3 Å². The van der Waals surface area contributed by atoms with Gasteiger partial charge in [-0.1, -0.05) is 31.2 Å². The fourth-order valence-electron chi connectivity index (χ4n) is 2.10. The number of hydrogen-bond acceptors (Lipinski definition) is 4. The van der Waals surface area contributed by atoms with Crippen LogP contribution < -0.4 is 5.32 Å². The van der Waals surface area contributed by atoms with E-state index in [9.17, 15) is 4.79 Å². The molecule has 0 aliphatic carbocycles. The summed E-state index contributed by atoms with van der Waals surface area (Å²) in [6.45, 7) is 4.85. The van der Waals surface area contributed by atoms with E-state index in [1.807, 2.05) is 30.5 Å². The van der Waals surface area contributed by atoms with Crippen LogP contribution in [0, 0.1) is 0 Å². The second kappa shape index (κ2) is 7.33. The van der Waals surface area contributed by atoms with E-state index in [1.165, 1.54) is 4.88 Å². The molecule has 0 amide bonds. The summed E-state index contributed by atoms with van der Waals surface area (Å²) in [6, 6.07) is 7.81. The molecule has 0 aliphatic rings. The average molecular weight is 304 g/mol. The van der Waals surface area contributed by atoms with Crippen molar-refractivity contribution in [2.24, 2.45) is 0 Å². The third-order valence-corrected chi connectivity index (χ3v) is 4.67. The Morgan fingerprint density at radius 3 is 2.71 bits per heavy atom. The molecule has 112 valence electrons. The molecule has 0 bridgehead atoms. The number of benzene rings is 1. The summed E-state index contributed by atoms with van der Waals surface area (Å²) in [5, 5.41) is 13.4. The standard InChI is InChI=1S/C16H20N2O2S/c1-3-14-10-18-16(21-14)11(2)17-9-13-7-5-4-6-12(13)8-15(19)20/h4-7,10-11,17H,3,8-9H2,1-2H3,(H,19,20). The normalized spacial score (nSPS) is 12.3. The predicted octanol–water partition coefficient (Wildman–Crippen LogP) is 3.18. The summed E-state index contributed by atoms with van der Waals surface area (Å²) in [5.74, 6) is -0.803. The van der Waals surface area contributed by atoms with Gasteiger partial charge < -0.3 is 10.4 Å². The Bertz CT molecular complexity index is 610. The molecule has 2 rings (SSSR count). The van der Waals surface area contributed by atoms with Gasteiger partial charge in [-0.3, -0.25) is 4.79 Å². The molecule has 0 saturated carbocycles. The quantitative estimate of drug-likeness (QED) is 0.824. The maximum Gasteiger partial charge on any atom is 0.307 e. The molecule has 0 saturated heterocycles. The summed E-state index contributed by atoms with van der Waals surface area (Å²) in [4.78, 5) is 16.6. The van der Waals surface area contributed by atoms with Crippen LogP contribution in [0.25, 0.3) is 0 Å². The van der Waals surface area contributed by atoms with Crippen molar-refractivity contribution in [3.63, 3.8) is 0 Å². The zero-order valence-electron chi connectivity index (χ0n) is 12.3. The highest BCUT2D eigenvalue weighted by Crippen LogP contribution is 2.21. The Morgan fingerprint density at radius 2 is 2.10 bits per heavy atom. The molecular formula is C16H20N2O2S. The first-order valence-corrected chi connectivity index (χ1v) is 7.88. The summed E-state index contributed by atoms with van der Waals surface area (Å²) < 4.78 is 0. The third-order valence-electron chi connectivity index (χ3n) is 3.35. The van der Waals surface area contributed by atoms with E-state index in [0.29, 0.717) is 6.54 Å². The fraction of sp³-hybridized carbons (Fsp3) is 0.375. The molecule has 0 spiro atoms. The van der Waals surface area contributed by atoms with Gasteiger partial charge in [0, 0.05) is 17.6 Å². The van der Waals surface area contributed by atoms with E-state index in [4.69, 9.17) is 5.11 Å². The molecule has 0 radical (unpaired) electrons. The number of nitrogens with zero attached hydrogens (tertiary/aromatic N) is 1. The average Bonchev–Trinajstić information content (AvgIpc) is 2.94. The Morgan fingerprint density at radius 1 is 1.38 bits per heavy atom. The molecule has 2 aromatic rings. The number of aromatic nitrogens is 1. The molecule has 2 N–H and O–H groups in total. The number of aliphatic carboxylic acids is 1. The smallest absolute Gasteiger partial charge is 0.307 e. The van der Waals surface area contributed by atoms with Crippen LogP contribution in [-0.2, 0) is 24.2 Å². The molecular weight excluding hydrogens is 284 g/mol. The minimum absolute atomic E-state index is 0.0590. The zero-order valence-corrected chi connectivity index (χ0v) is 13.1. The van der Waals surface area contributed by atoms with Gasteiger partial charge in [0.25, 0.3) is 0 Å². The summed E-state index contributed by atoms with van der Waals surface area (Å²) in [7, 11) is 0. The van der Waals surface area contributed by atoms with Gasteiger partial charge in [0.1, 0.15) is 5.01 Å². The topological polar surface area (TPSA) is 62.2 Å². The van der Waals surface area contributed by atoms with E-state index >= 15 is 0 Å². The molecule has 1 aromatic heterocycles. The Labute approximate surface area is 128 Å². The van der Waals surface area contributed by atoms with Crippen molar-refractivity contribution in [3.05, 3.63) is 51.5 Å². The van der Waals surface area contributed by atoms with E-state index in [-0.39, 0.29) is 12.5 Å². The van der Waals surface area contributed by atoms with Crippen LogP contribution in [0.1, 0.15) is 40.9 Å². The van der Waals surface area contributed by atoms with Crippen LogP contribution in [0.3, 0.4) is 0 Å². The van der Waals surface area contributed by atoms with Crippen molar-refractivity contribution in [3.8, 4) is 0 Å². The lowest BCUT2D eigenvalue weighted by Gasteiger charge is -2.13. The van der Waals surface area contributed by atoms with E-state index in [1.54, 1.807) is 11.3 Å². The van der Waals surface area contributed by atoms with Gasteiger partial charge in [-0.05, 0) is 24.5 Å². The molecule has 1 atom stereocenters. The Balaban J connectivity index is 2.00. The van der Waals surface area contributed by atoms with Crippen molar-refractivity contribution in [1.82, 2.24) is 10.3 Å². The van der Waals surface area contributed by atoms with Crippen LogP contribution in [0.2, 0.25) is 0 Å². The van der Waals surface area contributed by atoms with Gasteiger partial charge in [-0.2, -0.15) is 0 Å². The molecule has 1 heterocycles. The van der Waals surface area contributed by atoms with Gasteiger partial charge in [0.15, 0.2) is 0 Å². The predicted molar refractivity (Wildman–Crippen MR) is 84.5 cm³/mol. The lowest BCUT2D eigenvalue weighted by atomic mass is 10.0. The first-order valence-electron chi connectivity index (χ1n) is 7.06. The zero-order chi connectivity index (χ0) is 15.2. The highest BCUT2D eigenvalue weighted by molar-refractivity contribution is 7.11. The minimum atomic E-state index is -0.803. The number of rotatable bonds is 7. The fourth-order valence-corrected chi connectivity index (χ4v) is 2.99. The monoisotopic (exact) mass is 304 g/mol. The highest BCUT2D eigenvalue weighted by Gasteiger charge is 2.11. The van der Waals surface area contributed by atoms with Crippen molar-refractivity contribution in [2.45, 2.75) is 39.3 Å². The second-order valence-electron chi connectivity index (χ2n) is 4.96. The molecule has 1 aromatic carbocycles. The Kier molecular flexibility index (Phi) is 5.47. The lowest BCUT2D eigenvalue weighted by molar-refractivity contribution is -0.136. The molecule has 0 fully saturated rings. The van der Waals surface area contributed by atoms with Gasteiger partial charge in [-0.15, -0.1) is 11.3 Å². The number of aryl methyl sites for hydroxylation is 1. The van der Waals surface area contributed by atoms with Crippen LogP contribution >= 0.6 is 11.3 Å². The van der Waals surface area contributed by atoms with Gasteiger partial charge in [0.2, 0.25) is 0 Å². The Hall–Kier alpha value is -1.72. The van der Waals surface area contributed by atoms with Crippen molar-refractivity contribution in [1.29, 1.82) is 0 Å². The maximum absolute atomic E-state index is 10.9. The minimum Gasteiger partial charge on any atom is -0.481 e. The van der Waals surface area contributed by atoms with Crippen LogP contribution in [0.4, 0.5) is 0 Å². The van der Waals surface area contributed by atoms with E-state index in [2.05, 4.69) is 24.1 Å². The molecule has 1 unspecified atom stereocenters. The van der Waals surface area contributed by atoms with E-state index in [0.717, 1.165) is 22.6 Å². The number of nitrogens with one attached hydrogen (secondary N) is 1. The highest BCUT2D eigenvalue weighted by atomic mass is 32.1. The van der Waals surface area contributed by atoms with Gasteiger partial charge >= 0.3 is 5.97 Å².